The van der Waals surface area contributed by atoms with Crippen LogP contribution in [0.5, 0.6) is 23.0 Å². The van der Waals surface area contributed by atoms with E-state index in [1.165, 1.54) is 0 Å². The first kappa shape index (κ1) is 18.7. The number of ether oxygens (including phenoxy) is 4. The van der Waals surface area contributed by atoms with E-state index in [0.717, 1.165) is 22.8 Å². The van der Waals surface area contributed by atoms with Gasteiger partial charge in [0.25, 0.3) is 0 Å². The molecule has 1 aliphatic heterocycles. The largest absolute Gasteiger partial charge is 0.493 e. The van der Waals surface area contributed by atoms with Crippen molar-refractivity contribution in [1.82, 2.24) is 9.97 Å². The van der Waals surface area contributed by atoms with E-state index in [4.69, 9.17) is 18.9 Å². The summed E-state index contributed by atoms with van der Waals surface area (Å²) in [7, 11) is 3.24. The molecule has 3 aromatic rings. The maximum Gasteiger partial charge on any atom is 0.231 e. The Morgan fingerprint density at radius 2 is 1.69 bits per heavy atom. The summed E-state index contributed by atoms with van der Waals surface area (Å²) in [6, 6.07) is 13.3. The van der Waals surface area contributed by atoms with Gasteiger partial charge in [0.2, 0.25) is 6.79 Å². The van der Waals surface area contributed by atoms with Crippen molar-refractivity contribution in [1.29, 1.82) is 0 Å². The molecule has 2 N–H and O–H groups in total. The average molecular weight is 394 g/mol. The van der Waals surface area contributed by atoms with Gasteiger partial charge < -0.3 is 29.6 Å². The zero-order chi connectivity index (χ0) is 20.2. The van der Waals surface area contributed by atoms with E-state index in [9.17, 15) is 0 Å². The Balaban J connectivity index is 1.47. The van der Waals surface area contributed by atoms with Crippen LogP contribution in [0.25, 0.3) is 0 Å². The summed E-state index contributed by atoms with van der Waals surface area (Å²) in [5, 5.41) is 6.61. The maximum absolute atomic E-state index is 5.42. The number of rotatable bonds is 7. The van der Waals surface area contributed by atoms with Gasteiger partial charge in [-0.25, -0.2) is 9.97 Å². The third kappa shape index (κ3) is 4.26. The van der Waals surface area contributed by atoms with Crippen LogP contribution < -0.4 is 29.6 Å². The molecule has 4 rings (SSSR count). The molecule has 0 atom stereocenters. The number of aryl methyl sites for hydroxylation is 1. The van der Waals surface area contributed by atoms with Gasteiger partial charge in [-0.05, 0) is 36.8 Å². The Hall–Kier alpha value is -3.68. The van der Waals surface area contributed by atoms with Crippen LogP contribution in [0.2, 0.25) is 0 Å². The van der Waals surface area contributed by atoms with Crippen LogP contribution in [0, 0.1) is 6.92 Å². The fraction of sp³-hybridized carbons (Fsp3) is 0.238. The SMILES string of the molecule is COc1ccc(CNc2cc(Nc3ccc4c(c3)OCO4)nc(C)n2)cc1OC. The molecule has 0 amide bonds. The third-order valence-electron chi connectivity index (χ3n) is 4.40. The second kappa shape index (κ2) is 8.14. The summed E-state index contributed by atoms with van der Waals surface area (Å²) in [5.74, 6) is 4.91. The Morgan fingerprint density at radius 3 is 2.52 bits per heavy atom. The molecule has 2 heterocycles. The van der Waals surface area contributed by atoms with Gasteiger partial charge >= 0.3 is 0 Å². The van der Waals surface area contributed by atoms with Crippen LogP contribution in [0.1, 0.15) is 11.4 Å². The lowest BCUT2D eigenvalue weighted by Crippen LogP contribution is -2.05. The number of aromatic nitrogens is 2. The molecule has 0 unspecified atom stereocenters. The van der Waals surface area contributed by atoms with E-state index in [1.54, 1.807) is 14.2 Å². The highest BCUT2D eigenvalue weighted by molar-refractivity contribution is 5.63. The van der Waals surface area contributed by atoms with Crippen molar-refractivity contribution in [3.63, 3.8) is 0 Å². The fourth-order valence-corrected chi connectivity index (χ4v) is 3.03. The fourth-order valence-electron chi connectivity index (χ4n) is 3.03. The summed E-state index contributed by atoms with van der Waals surface area (Å²) >= 11 is 0. The predicted molar refractivity (Wildman–Crippen MR) is 109 cm³/mol. The van der Waals surface area contributed by atoms with E-state index >= 15 is 0 Å². The van der Waals surface area contributed by atoms with Crippen molar-refractivity contribution in [3.8, 4) is 23.0 Å². The minimum Gasteiger partial charge on any atom is -0.493 e. The minimum absolute atomic E-state index is 0.246. The Kier molecular flexibility index (Phi) is 5.24. The summed E-state index contributed by atoms with van der Waals surface area (Å²) in [4.78, 5) is 8.92. The summed E-state index contributed by atoms with van der Waals surface area (Å²) in [6.07, 6.45) is 0. The number of nitrogens with one attached hydrogen (secondary N) is 2. The number of fused-ring (bicyclic) bond motifs is 1. The van der Waals surface area contributed by atoms with Crippen LogP contribution in [-0.4, -0.2) is 31.0 Å². The molecule has 150 valence electrons. The maximum atomic E-state index is 5.42. The van der Waals surface area contributed by atoms with Crippen molar-refractivity contribution in [2.75, 3.05) is 31.6 Å². The van der Waals surface area contributed by atoms with Gasteiger partial charge in [0.05, 0.1) is 14.2 Å². The number of benzene rings is 2. The molecule has 0 bridgehead atoms. The lowest BCUT2D eigenvalue weighted by molar-refractivity contribution is 0.174. The first-order chi connectivity index (χ1) is 14.1. The molecule has 2 aromatic carbocycles. The lowest BCUT2D eigenvalue weighted by atomic mass is 10.2. The number of hydrogen-bond acceptors (Lipinski definition) is 8. The molecule has 0 saturated heterocycles. The molecule has 29 heavy (non-hydrogen) atoms. The number of nitrogens with zero attached hydrogens (tertiary/aromatic N) is 2. The minimum atomic E-state index is 0.246. The van der Waals surface area contributed by atoms with Crippen LogP contribution in [-0.2, 0) is 6.54 Å². The summed E-state index contributed by atoms with van der Waals surface area (Å²) in [5.41, 5.74) is 1.90. The molecule has 0 radical (unpaired) electrons. The molecule has 0 aliphatic carbocycles. The van der Waals surface area contributed by atoms with Crippen LogP contribution >= 0.6 is 0 Å². The Morgan fingerprint density at radius 1 is 0.897 bits per heavy atom. The van der Waals surface area contributed by atoms with Crippen LogP contribution in [0.15, 0.2) is 42.5 Å². The van der Waals surface area contributed by atoms with Crippen molar-refractivity contribution >= 4 is 17.3 Å². The molecule has 8 heteroatoms. The lowest BCUT2D eigenvalue weighted by Gasteiger charge is -2.12. The van der Waals surface area contributed by atoms with Crippen molar-refractivity contribution < 1.29 is 18.9 Å². The predicted octanol–water partition coefficient (Wildman–Crippen LogP) is 3.89. The molecule has 1 aromatic heterocycles. The molecule has 0 fully saturated rings. The van der Waals surface area contributed by atoms with Gasteiger partial charge in [0.15, 0.2) is 23.0 Å². The highest BCUT2D eigenvalue weighted by atomic mass is 16.7. The third-order valence-corrected chi connectivity index (χ3v) is 4.40. The zero-order valence-corrected chi connectivity index (χ0v) is 16.5. The van der Waals surface area contributed by atoms with Crippen molar-refractivity contribution in [3.05, 3.63) is 53.9 Å². The molecular weight excluding hydrogens is 372 g/mol. The van der Waals surface area contributed by atoms with Crippen LogP contribution in [0.4, 0.5) is 17.3 Å². The number of methoxy groups -OCH3 is 2. The normalized spacial score (nSPS) is 11.8. The molecule has 1 aliphatic rings. The van der Waals surface area contributed by atoms with Gasteiger partial charge in [0, 0.05) is 24.4 Å². The number of hydrogen-bond donors (Lipinski definition) is 2. The van der Waals surface area contributed by atoms with E-state index in [2.05, 4.69) is 20.6 Å². The summed E-state index contributed by atoms with van der Waals surface area (Å²) < 4.78 is 21.4. The van der Waals surface area contributed by atoms with Gasteiger partial charge in [-0.1, -0.05) is 6.07 Å². The van der Waals surface area contributed by atoms with Gasteiger partial charge in [-0.2, -0.15) is 0 Å². The molecule has 8 nitrogen and oxygen atoms in total. The second-order valence-electron chi connectivity index (χ2n) is 6.42. The second-order valence-corrected chi connectivity index (χ2v) is 6.42. The Bertz CT molecular complexity index is 1030. The summed E-state index contributed by atoms with van der Waals surface area (Å²) in [6.45, 7) is 2.68. The Labute approximate surface area is 168 Å². The van der Waals surface area contributed by atoms with Gasteiger partial charge in [-0.3, -0.25) is 0 Å². The van der Waals surface area contributed by atoms with E-state index < -0.39 is 0 Å². The topological polar surface area (TPSA) is 86.8 Å². The first-order valence-corrected chi connectivity index (χ1v) is 9.12. The van der Waals surface area contributed by atoms with E-state index in [-0.39, 0.29) is 6.79 Å². The first-order valence-electron chi connectivity index (χ1n) is 9.12. The zero-order valence-electron chi connectivity index (χ0n) is 16.5. The van der Waals surface area contributed by atoms with E-state index in [1.807, 2.05) is 49.4 Å². The highest BCUT2D eigenvalue weighted by Crippen LogP contribution is 2.35. The molecule has 0 saturated carbocycles. The standard InChI is InChI=1S/C21H22N4O4/c1-13-23-20(22-11-14-4-6-16(26-2)18(8-14)27-3)10-21(24-13)25-15-5-7-17-19(9-15)29-12-28-17/h4-10H,11-12H2,1-3H3,(H2,22,23,24,25). The smallest absolute Gasteiger partial charge is 0.231 e. The highest BCUT2D eigenvalue weighted by Gasteiger charge is 2.13. The number of anilines is 3. The molecule has 0 spiro atoms. The van der Waals surface area contributed by atoms with Gasteiger partial charge in [0.1, 0.15) is 17.5 Å². The quantitative estimate of drug-likeness (QED) is 0.624. The van der Waals surface area contributed by atoms with Crippen LogP contribution in [0.3, 0.4) is 0 Å². The van der Waals surface area contributed by atoms with Crippen molar-refractivity contribution in [2.45, 2.75) is 13.5 Å². The van der Waals surface area contributed by atoms with Gasteiger partial charge in [-0.15, -0.1) is 0 Å². The van der Waals surface area contributed by atoms with E-state index in [0.29, 0.717) is 35.4 Å². The average Bonchev–Trinajstić information content (AvgIpc) is 3.19. The monoisotopic (exact) mass is 394 g/mol. The van der Waals surface area contributed by atoms with Crippen molar-refractivity contribution in [2.24, 2.45) is 0 Å². The molecular formula is C21H22N4O4.